The molecule has 0 radical (unpaired) electrons. The smallest absolute Gasteiger partial charge is 0.184 e. The Bertz CT molecular complexity index is 162. The lowest BCUT2D eigenvalue weighted by Gasteiger charge is -2.26. The van der Waals surface area contributed by atoms with Gasteiger partial charge in [0.2, 0.25) is 0 Å². The first kappa shape index (κ1) is 9.85. The minimum Gasteiger partial charge on any atom is -0.394 e. The predicted octanol–water partition coefficient (Wildman–Crippen LogP) is -3.22. The van der Waals surface area contributed by atoms with Gasteiger partial charge in [-0.1, -0.05) is 0 Å². The van der Waals surface area contributed by atoms with Crippen LogP contribution in [0.25, 0.3) is 0 Å². The van der Waals surface area contributed by atoms with Crippen LogP contribution in [0.1, 0.15) is 0 Å². The number of rotatable bonds is 2. The Labute approximate surface area is 68.6 Å². The van der Waals surface area contributed by atoms with Crippen molar-refractivity contribution in [1.29, 1.82) is 0 Å². The van der Waals surface area contributed by atoms with Crippen molar-refractivity contribution in [3.8, 4) is 0 Å². The van der Waals surface area contributed by atoms with E-state index in [9.17, 15) is 5.11 Å². The number of hydrogen-bond donors (Lipinski definition) is 5. The quantitative estimate of drug-likeness (QED) is 0.306. The SMILES string of the molecule is OCC1OC(O)C(O)C1(O)CO. The van der Waals surface area contributed by atoms with E-state index in [0.717, 1.165) is 0 Å². The van der Waals surface area contributed by atoms with Crippen LogP contribution in [0.4, 0.5) is 0 Å². The molecule has 0 aromatic rings. The lowest BCUT2D eigenvalue weighted by molar-refractivity contribution is -0.132. The second kappa shape index (κ2) is 3.25. The zero-order valence-electron chi connectivity index (χ0n) is 6.29. The molecule has 4 atom stereocenters. The number of ether oxygens (including phenoxy) is 1. The van der Waals surface area contributed by atoms with Crippen molar-refractivity contribution in [2.75, 3.05) is 13.2 Å². The highest BCUT2D eigenvalue weighted by Gasteiger charge is 2.54. The fourth-order valence-electron chi connectivity index (χ4n) is 1.19. The minimum atomic E-state index is -1.98. The summed E-state index contributed by atoms with van der Waals surface area (Å²) in [5, 5.41) is 44.8. The average Bonchev–Trinajstić information content (AvgIpc) is 2.30. The van der Waals surface area contributed by atoms with Gasteiger partial charge in [0.25, 0.3) is 0 Å². The molecule has 1 saturated heterocycles. The Balaban J connectivity index is 2.80. The second-order valence-corrected chi connectivity index (χ2v) is 2.79. The molecule has 1 aliphatic heterocycles. The van der Waals surface area contributed by atoms with Crippen LogP contribution in [0.15, 0.2) is 0 Å². The molecule has 12 heavy (non-hydrogen) atoms. The normalized spacial score (nSPS) is 48.2. The van der Waals surface area contributed by atoms with E-state index in [1.54, 1.807) is 0 Å². The molecule has 1 heterocycles. The van der Waals surface area contributed by atoms with Crippen LogP contribution < -0.4 is 0 Å². The summed E-state index contributed by atoms with van der Waals surface area (Å²) in [6.45, 7) is -1.36. The van der Waals surface area contributed by atoms with Gasteiger partial charge in [0.15, 0.2) is 6.29 Å². The van der Waals surface area contributed by atoms with Crippen LogP contribution in [0.2, 0.25) is 0 Å². The van der Waals surface area contributed by atoms with Crippen LogP contribution >= 0.6 is 0 Å². The summed E-state index contributed by atoms with van der Waals surface area (Å²) >= 11 is 0. The zero-order valence-corrected chi connectivity index (χ0v) is 6.29. The Morgan fingerprint density at radius 3 is 2.17 bits per heavy atom. The van der Waals surface area contributed by atoms with E-state index in [4.69, 9.17) is 20.4 Å². The first-order valence-electron chi connectivity index (χ1n) is 3.52. The molecule has 72 valence electrons. The molecule has 6 nitrogen and oxygen atoms in total. The summed E-state index contributed by atoms with van der Waals surface area (Å²) in [4.78, 5) is 0. The average molecular weight is 180 g/mol. The summed E-state index contributed by atoms with van der Waals surface area (Å²) in [5.41, 5.74) is -1.98. The fraction of sp³-hybridized carbons (Fsp3) is 1.00. The summed E-state index contributed by atoms with van der Waals surface area (Å²) in [6, 6.07) is 0. The third kappa shape index (κ3) is 1.22. The van der Waals surface area contributed by atoms with Gasteiger partial charge in [-0.2, -0.15) is 0 Å². The molecule has 1 fully saturated rings. The Hall–Kier alpha value is -0.240. The van der Waals surface area contributed by atoms with Gasteiger partial charge in [-0.15, -0.1) is 0 Å². The Kier molecular flexibility index (Phi) is 2.67. The maximum Gasteiger partial charge on any atom is 0.184 e. The highest BCUT2D eigenvalue weighted by Crippen LogP contribution is 2.29. The standard InChI is InChI=1S/C6H12O6/c7-1-3-6(11,2-8)4(9)5(10)12-3/h3-5,7-11H,1-2H2. The van der Waals surface area contributed by atoms with Crippen LogP contribution in [0, 0.1) is 0 Å². The molecule has 0 aromatic heterocycles. The molecule has 1 aliphatic rings. The van der Waals surface area contributed by atoms with Crippen LogP contribution in [-0.4, -0.2) is 62.8 Å². The zero-order chi connectivity index (χ0) is 9.35. The summed E-state index contributed by atoms with van der Waals surface area (Å²) in [6.07, 6.45) is -4.33. The van der Waals surface area contributed by atoms with Crippen molar-refractivity contribution in [2.45, 2.75) is 24.1 Å². The van der Waals surface area contributed by atoms with E-state index >= 15 is 0 Å². The van der Waals surface area contributed by atoms with Crippen LogP contribution in [-0.2, 0) is 4.74 Å². The number of aliphatic hydroxyl groups is 5. The number of hydrogen-bond acceptors (Lipinski definition) is 6. The molecule has 0 aliphatic carbocycles. The first-order chi connectivity index (χ1) is 5.56. The lowest BCUT2D eigenvalue weighted by Crippen LogP contribution is -2.52. The van der Waals surface area contributed by atoms with Crippen molar-refractivity contribution in [1.82, 2.24) is 0 Å². The minimum absolute atomic E-state index is 0.578. The third-order valence-corrected chi connectivity index (χ3v) is 2.06. The highest BCUT2D eigenvalue weighted by molar-refractivity contribution is 5.00. The van der Waals surface area contributed by atoms with Crippen molar-refractivity contribution in [3.63, 3.8) is 0 Å². The maximum absolute atomic E-state index is 9.45. The molecule has 0 spiro atoms. The molecule has 1 rings (SSSR count). The van der Waals surface area contributed by atoms with Crippen LogP contribution in [0.5, 0.6) is 0 Å². The molecular weight excluding hydrogens is 168 g/mol. The largest absolute Gasteiger partial charge is 0.394 e. The van der Waals surface area contributed by atoms with Gasteiger partial charge >= 0.3 is 0 Å². The summed E-state index contributed by atoms with van der Waals surface area (Å²) in [5.74, 6) is 0. The number of aliphatic hydroxyl groups excluding tert-OH is 4. The van der Waals surface area contributed by atoms with Crippen LogP contribution in [0.3, 0.4) is 0 Å². The predicted molar refractivity (Wildman–Crippen MR) is 36.0 cm³/mol. The summed E-state index contributed by atoms with van der Waals surface area (Å²) < 4.78 is 4.57. The van der Waals surface area contributed by atoms with E-state index in [1.165, 1.54) is 0 Å². The molecule has 0 amide bonds. The van der Waals surface area contributed by atoms with Gasteiger partial charge in [-0.05, 0) is 0 Å². The van der Waals surface area contributed by atoms with Gasteiger partial charge in [-0.25, -0.2) is 0 Å². The van der Waals surface area contributed by atoms with Gasteiger partial charge in [-0.3, -0.25) is 0 Å². The van der Waals surface area contributed by atoms with Crippen molar-refractivity contribution < 1.29 is 30.3 Å². The van der Waals surface area contributed by atoms with E-state index in [2.05, 4.69) is 4.74 Å². The van der Waals surface area contributed by atoms with E-state index in [1.807, 2.05) is 0 Å². The topological polar surface area (TPSA) is 110 Å². The molecule has 0 aromatic carbocycles. The second-order valence-electron chi connectivity index (χ2n) is 2.79. The van der Waals surface area contributed by atoms with Crippen molar-refractivity contribution in [3.05, 3.63) is 0 Å². The van der Waals surface area contributed by atoms with Gasteiger partial charge in [0, 0.05) is 0 Å². The van der Waals surface area contributed by atoms with Gasteiger partial charge < -0.3 is 30.3 Å². The molecule has 5 N–H and O–H groups in total. The molecule has 0 bridgehead atoms. The molecule has 0 saturated carbocycles. The van der Waals surface area contributed by atoms with Crippen molar-refractivity contribution >= 4 is 0 Å². The molecular formula is C6H12O6. The third-order valence-electron chi connectivity index (χ3n) is 2.06. The highest BCUT2D eigenvalue weighted by atomic mass is 16.7. The Morgan fingerprint density at radius 2 is 1.83 bits per heavy atom. The van der Waals surface area contributed by atoms with Gasteiger partial charge in [0.1, 0.15) is 17.8 Å². The maximum atomic E-state index is 9.45. The molecule has 6 heteroatoms. The Morgan fingerprint density at radius 1 is 1.25 bits per heavy atom. The fourth-order valence-corrected chi connectivity index (χ4v) is 1.19. The summed E-state index contributed by atoms with van der Waals surface area (Å²) in [7, 11) is 0. The lowest BCUT2D eigenvalue weighted by atomic mass is 9.94. The van der Waals surface area contributed by atoms with Crippen molar-refractivity contribution in [2.24, 2.45) is 0 Å². The monoisotopic (exact) mass is 180 g/mol. The van der Waals surface area contributed by atoms with E-state index in [-0.39, 0.29) is 0 Å². The van der Waals surface area contributed by atoms with E-state index < -0.39 is 37.3 Å². The van der Waals surface area contributed by atoms with Gasteiger partial charge in [0.05, 0.1) is 13.2 Å². The molecule has 4 unspecified atom stereocenters. The first-order valence-corrected chi connectivity index (χ1v) is 3.52. The van der Waals surface area contributed by atoms with E-state index in [0.29, 0.717) is 0 Å².